The van der Waals surface area contributed by atoms with Crippen LogP contribution in [0, 0.1) is 17.9 Å². The molecule has 0 aliphatic carbocycles. The lowest BCUT2D eigenvalue weighted by atomic mass is 9.34. The number of nitrogens with zero attached hydrogens (tertiary/aromatic N) is 5. The van der Waals surface area contributed by atoms with E-state index in [9.17, 15) is 11.8 Å². The van der Waals surface area contributed by atoms with Crippen LogP contribution in [0.1, 0.15) is 19.3 Å². The second-order valence-corrected chi connectivity index (χ2v) is 15.5. The highest BCUT2D eigenvalue weighted by atomic mass is 15.2. The van der Waals surface area contributed by atoms with Gasteiger partial charge in [0, 0.05) is 44.0 Å². The molecule has 0 spiro atoms. The Balaban J connectivity index is 1.18. The van der Waals surface area contributed by atoms with Crippen molar-refractivity contribution in [1.82, 2.24) is 9.13 Å². The third-order valence-corrected chi connectivity index (χ3v) is 12.5. The Hall–Kier alpha value is -8.58. The van der Waals surface area contributed by atoms with Gasteiger partial charge in [-0.15, -0.1) is 0 Å². The van der Waals surface area contributed by atoms with Gasteiger partial charge in [-0.25, -0.2) is 4.85 Å². The minimum Gasteiger partial charge on any atom is -0.320 e. The van der Waals surface area contributed by atoms with Gasteiger partial charge in [-0.05, 0) is 75.0 Å². The van der Waals surface area contributed by atoms with E-state index in [4.69, 9.17) is 13.7 Å². The van der Waals surface area contributed by atoms with Gasteiger partial charge in [-0.1, -0.05) is 157 Å². The topological polar surface area (TPSA) is 41.2 Å². The molecule has 13 rings (SSSR count). The molecule has 0 unspecified atom stereocenters. The normalized spacial score (nSPS) is 14.4. The van der Waals surface area contributed by atoms with Crippen LogP contribution >= 0.6 is 0 Å². The fourth-order valence-corrected chi connectivity index (χ4v) is 10.1. The summed E-state index contributed by atoms with van der Waals surface area (Å²) in [7, 11) is 0. The molecular formula is C56H32BN5. The molecule has 284 valence electrons. The molecule has 4 heterocycles. The molecular weight excluding hydrogens is 753 g/mol. The Bertz CT molecular complexity index is 4050. The summed E-state index contributed by atoms with van der Waals surface area (Å²) in [5.74, 6) is 0. The van der Waals surface area contributed by atoms with E-state index in [0.717, 1.165) is 60.0 Å². The van der Waals surface area contributed by atoms with Gasteiger partial charge in [0.15, 0.2) is 0 Å². The van der Waals surface area contributed by atoms with Crippen LogP contribution in [-0.4, -0.2) is 15.8 Å². The first-order valence-corrected chi connectivity index (χ1v) is 20.1. The van der Waals surface area contributed by atoms with Crippen molar-refractivity contribution in [2.75, 3.05) is 4.90 Å². The zero-order valence-electron chi connectivity index (χ0n) is 42.5. The fourth-order valence-electron chi connectivity index (χ4n) is 10.1. The van der Waals surface area contributed by atoms with Gasteiger partial charge in [-0.3, -0.25) is 0 Å². The largest absolute Gasteiger partial charge is 0.320 e. The zero-order valence-corrected chi connectivity index (χ0v) is 32.5. The van der Waals surface area contributed by atoms with E-state index in [1.54, 1.807) is 48.5 Å². The van der Waals surface area contributed by atoms with E-state index in [1.807, 2.05) is 41.3 Å². The van der Waals surface area contributed by atoms with Crippen LogP contribution in [-0.2, 0) is 0 Å². The van der Waals surface area contributed by atoms with E-state index < -0.39 is 36.3 Å². The smallest absolute Gasteiger partial charge is 0.250 e. The molecule has 6 heteroatoms. The highest BCUT2D eigenvalue weighted by Crippen LogP contribution is 2.51. The zero-order chi connectivity index (χ0) is 49.8. The summed E-state index contributed by atoms with van der Waals surface area (Å²) < 4.78 is 89.4. The molecule has 5 nitrogen and oxygen atoms in total. The number of hydrogen-bond donors (Lipinski definition) is 0. The summed E-state index contributed by atoms with van der Waals surface area (Å²) in [4.78, 5) is 6.25. The van der Waals surface area contributed by atoms with E-state index in [0.29, 0.717) is 33.9 Å². The van der Waals surface area contributed by atoms with Gasteiger partial charge >= 0.3 is 0 Å². The third kappa shape index (κ3) is 4.56. The number of nitriles is 1. The molecule has 2 aromatic heterocycles. The minimum absolute atomic E-state index is 0.00946. The maximum Gasteiger partial charge on any atom is 0.250 e. The molecule has 11 aromatic rings. The van der Waals surface area contributed by atoms with Crippen LogP contribution in [0.15, 0.2) is 194 Å². The molecule has 2 aliphatic rings. The van der Waals surface area contributed by atoms with Gasteiger partial charge < -0.3 is 14.0 Å². The quantitative estimate of drug-likeness (QED) is 0.129. The van der Waals surface area contributed by atoms with Crippen molar-refractivity contribution in [3.63, 3.8) is 0 Å². The molecule has 0 saturated heterocycles. The third-order valence-electron chi connectivity index (χ3n) is 12.5. The molecule has 2 aliphatic heterocycles. The van der Waals surface area contributed by atoms with Gasteiger partial charge in [0.25, 0.3) is 6.71 Å². The number of anilines is 3. The summed E-state index contributed by atoms with van der Waals surface area (Å²) >= 11 is 0. The molecule has 0 fully saturated rings. The number of benzene rings is 9. The van der Waals surface area contributed by atoms with Crippen molar-refractivity contribution < 1.29 is 13.7 Å². The predicted molar refractivity (Wildman–Crippen MR) is 256 cm³/mol. The Morgan fingerprint density at radius 3 is 1.48 bits per heavy atom. The van der Waals surface area contributed by atoms with Crippen molar-refractivity contribution in [2.24, 2.45) is 0 Å². The first kappa shape index (κ1) is 25.8. The Kier molecular flexibility index (Phi) is 5.40. The number of rotatable bonds is 5. The van der Waals surface area contributed by atoms with Crippen molar-refractivity contribution in [3.05, 3.63) is 211 Å². The fraction of sp³-hybridized carbons (Fsp3) is 0. The molecule has 9 aromatic carbocycles. The predicted octanol–water partition coefficient (Wildman–Crippen LogP) is 12.3. The van der Waals surface area contributed by atoms with Crippen LogP contribution in [0.25, 0.3) is 82.1 Å². The van der Waals surface area contributed by atoms with E-state index in [2.05, 4.69) is 68.6 Å². The second kappa shape index (κ2) is 13.0. The summed E-state index contributed by atoms with van der Waals surface area (Å²) in [6.45, 7) is 8.92. The van der Waals surface area contributed by atoms with Crippen molar-refractivity contribution in [3.8, 4) is 39.7 Å². The molecule has 0 radical (unpaired) electrons. The van der Waals surface area contributed by atoms with E-state index in [-0.39, 0.29) is 58.9 Å². The number of para-hydroxylation sites is 4. The number of hydrogen-bond acceptors (Lipinski definition) is 2. The minimum atomic E-state index is -0.510. The molecule has 0 amide bonds. The van der Waals surface area contributed by atoms with Crippen LogP contribution in [0.4, 0.5) is 22.7 Å². The van der Waals surface area contributed by atoms with Gasteiger partial charge in [0.2, 0.25) is 5.69 Å². The SMILES string of the molecule is [2H]c1c([2H])c([2H])c(-c2ccc(N(c3ccc(-c4c([2H])c([2H])c([2H])c([2H])c4[2H])cc3)c3c(C#N)c4c5c(c3[N+]#[C-])-n3c6ccccc6c6cccc(c63)B5c3cccc5c6ccccc6n-4c35)cc2)c([2H])c1[2H]. The van der Waals surface area contributed by atoms with Gasteiger partial charge in [-0.2, -0.15) is 5.26 Å². The van der Waals surface area contributed by atoms with Crippen LogP contribution < -0.4 is 21.3 Å². The van der Waals surface area contributed by atoms with Gasteiger partial charge in [0.1, 0.15) is 6.07 Å². The average Bonchev–Trinajstić information content (AvgIpc) is 3.93. The van der Waals surface area contributed by atoms with Crippen LogP contribution in [0.3, 0.4) is 0 Å². The number of aromatic nitrogens is 2. The first-order valence-electron chi connectivity index (χ1n) is 25.1. The standard InChI is InChI=1S/C56H32BN5/c1-59-51-55(60(39-30-26-37(27-31-39)35-14-4-2-5-15-35)40-32-28-38(29-33-40)36-16-6-3-7-17-36)45(34-58)54-50-56(51)62-49-25-11-9-19-42(49)44-21-13-23-47(53(44)62)57(50)46-22-12-20-43-41-18-8-10-24-48(41)61(54)52(43)46/h2-33H/i2D,3D,4D,5D,6D,7D,14D,15D,16D,17D. The summed E-state index contributed by atoms with van der Waals surface area (Å²) in [6, 6.07) is 40.6. The Labute approximate surface area is 372 Å². The van der Waals surface area contributed by atoms with E-state index >= 15 is 0 Å². The highest BCUT2D eigenvalue weighted by molar-refractivity contribution is 7.00. The van der Waals surface area contributed by atoms with Crippen molar-refractivity contribution >= 4 is 89.5 Å². The summed E-state index contributed by atoms with van der Waals surface area (Å²) in [6.07, 6.45) is 0. The van der Waals surface area contributed by atoms with E-state index in [1.165, 1.54) is 0 Å². The first-order chi connectivity index (χ1) is 34.9. The van der Waals surface area contributed by atoms with Gasteiger partial charge in [0.05, 0.1) is 53.9 Å². The molecule has 0 bridgehead atoms. The number of fused-ring (bicyclic) bond motifs is 10. The maximum atomic E-state index is 12.0. The van der Waals surface area contributed by atoms with Crippen LogP contribution in [0.2, 0.25) is 0 Å². The lowest BCUT2D eigenvalue weighted by Gasteiger charge is -2.38. The monoisotopic (exact) mass is 795 g/mol. The Morgan fingerprint density at radius 2 is 1.00 bits per heavy atom. The average molecular weight is 796 g/mol. The maximum absolute atomic E-state index is 12.0. The van der Waals surface area contributed by atoms with Crippen molar-refractivity contribution in [1.29, 1.82) is 5.26 Å². The lowest BCUT2D eigenvalue weighted by molar-refractivity contribution is 1.13. The summed E-state index contributed by atoms with van der Waals surface area (Å²) in [5.41, 5.74) is 9.99. The van der Waals surface area contributed by atoms with Crippen LogP contribution in [0.5, 0.6) is 0 Å². The molecule has 62 heavy (non-hydrogen) atoms. The summed E-state index contributed by atoms with van der Waals surface area (Å²) in [5, 5.41) is 16.0. The lowest BCUT2D eigenvalue weighted by Crippen LogP contribution is -2.59. The Morgan fingerprint density at radius 1 is 0.532 bits per heavy atom. The molecule has 0 saturated carbocycles. The molecule has 0 N–H and O–H groups in total. The molecule has 0 atom stereocenters. The highest BCUT2D eigenvalue weighted by Gasteiger charge is 2.45. The second-order valence-electron chi connectivity index (χ2n) is 15.5. The van der Waals surface area contributed by atoms with Crippen molar-refractivity contribution in [2.45, 2.75) is 0 Å².